The quantitative estimate of drug-likeness (QED) is 0.710. The number of benzene rings is 1. The van der Waals surface area contributed by atoms with Gasteiger partial charge in [0.1, 0.15) is 5.69 Å². The number of hydrogen-bond acceptors (Lipinski definition) is 3. The van der Waals surface area contributed by atoms with Gasteiger partial charge in [0, 0.05) is 18.3 Å². The van der Waals surface area contributed by atoms with Crippen LogP contribution < -0.4 is 5.32 Å². The molecule has 2 aromatic heterocycles. The molecule has 0 saturated heterocycles. The average molecular weight is 264 g/mol. The van der Waals surface area contributed by atoms with Gasteiger partial charge in [-0.3, -0.25) is 5.10 Å². The highest BCUT2D eigenvalue weighted by molar-refractivity contribution is 5.94. The Kier molecular flexibility index (Phi) is 2.57. The largest absolute Gasteiger partial charge is 0.312 e. The lowest BCUT2D eigenvalue weighted by molar-refractivity contribution is 0.645. The summed E-state index contributed by atoms with van der Waals surface area (Å²) in [6.45, 7) is 4.04. The number of H-pyrrole nitrogens is 1. The second-order valence-electron chi connectivity index (χ2n) is 5.30. The summed E-state index contributed by atoms with van der Waals surface area (Å²) in [5.41, 5.74) is 7.04. The smallest absolute Gasteiger partial charge is 0.156 e. The summed E-state index contributed by atoms with van der Waals surface area (Å²) in [5.74, 6) is 0. The third-order valence-electron chi connectivity index (χ3n) is 4.05. The van der Waals surface area contributed by atoms with Crippen molar-refractivity contribution in [1.29, 1.82) is 0 Å². The van der Waals surface area contributed by atoms with E-state index in [1.54, 1.807) is 0 Å². The van der Waals surface area contributed by atoms with Crippen molar-refractivity contribution in [2.75, 3.05) is 6.54 Å². The van der Waals surface area contributed by atoms with Crippen LogP contribution in [-0.2, 0) is 13.0 Å². The molecule has 3 heterocycles. The van der Waals surface area contributed by atoms with E-state index in [2.05, 4.69) is 51.7 Å². The van der Waals surface area contributed by atoms with Gasteiger partial charge in [-0.25, -0.2) is 4.98 Å². The molecule has 0 aliphatic carbocycles. The topological polar surface area (TPSA) is 53.6 Å². The van der Waals surface area contributed by atoms with Gasteiger partial charge in [-0.05, 0) is 36.6 Å². The molecule has 0 atom stereocenters. The van der Waals surface area contributed by atoms with Crippen molar-refractivity contribution in [1.82, 2.24) is 20.5 Å². The molecule has 0 amide bonds. The molecule has 100 valence electrons. The molecular formula is C16H16N4. The third kappa shape index (κ3) is 1.65. The number of pyridine rings is 1. The van der Waals surface area contributed by atoms with Crippen molar-refractivity contribution in [3.8, 4) is 11.3 Å². The second kappa shape index (κ2) is 4.42. The van der Waals surface area contributed by atoms with Crippen LogP contribution in [0.15, 0.2) is 30.5 Å². The summed E-state index contributed by atoms with van der Waals surface area (Å²) < 4.78 is 0. The van der Waals surface area contributed by atoms with E-state index in [-0.39, 0.29) is 0 Å². The standard InChI is InChI=1S/C16H16N4/c1-10-4-2-3-5-12(10)15-14-13-6-7-17-8-11(13)9-18-16(14)20-19-15/h2-5,9,17H,6-8H2,1H3,(H,18,19,20). The van der Waals surface area contributed by atoms with Crippen LogP contribution >= 0.6 is 0 Å². The van der Waals surface area contributed by atoms with Crippen molar-refractivity contribution in [2.24, 2.45) is 0 Å². The number of nitrogens with zero attached hydrogens (tertiary/aromatic N) is 2. The van der Waals surface area contributed by atoms with Gasteiger partial charge in [-0.15, -0.1) is 0 Å². The highest BCUT2D eigenvalue weighted by Gasteiger charge is 2.19. The highest BCUT2D eigenvalue weighted by atomic mass is 15.1. The number of hydrogen-bond donors (Lipinski definition) is 2. The van der Waals surface area contributed by atoms with Gasteiger partial charge in [0.25, 0.3) is 0 Å². The Morgan fingerprint density at radius 1 is 1.20 bits per heavy atom. The minimum absolute atomic E-state index is 0.893. The fourth-order valence-electron chi connectivity index (χ4n) is 3.00. The average Bonchev–Trinajstić information content (AvgIpc) is 2.92. The summed E-state index contributed by atoms with van der Waals surface area (Å²) in [6, 6.07) is 8.38. The van der Waals surface area contributed by atoms with Crippen LogP contribution in [0.4, 0.5) is 0 Å². The van der Waals surface area contributed by atoms with Crippen molar-refractivity contribution in [2.45, 2.75) is 19.9 Å². The lowest BCUT2D eigenvalue weighted by Gasteiger charge is -2.17. The van der Waals surface area contributed by atoms with Gasteiger partial charge >= 0.3 is 0 Å². The maximum absolute atomic E-state index is 4.53. The first-order chi connectivity index (χ1) is 9.84. The van der Waals surface area contributed by atoms with E-state index < -0.39 is 0 Å². The molecular weight excluding hydrogens is 248 g/mol. The maximum Gasteiger partial charge on any atom is 0.156 e. The Labute approximate surface area is 117 Å². The fourth-order valence-corrected chi connectivity index (χ4v) is 3.00. The molecule has 3 aromatic rings. The van der Waals surface area contributed by atoms with E-state index >= 15 is 0 Å². The Morgan fingerprint density at radius 2 is 2.10 bits per heavy atom. The molecule has 0 radical (unpaired) electrons. The molecule has 1 aromatic carbocycles. The molecule has 20 heavy (non-hydrogen) atoms. The summed E-state index contributed by atoms with van der Waals surface area (Å²) in [7, 11) is 0. The first-order valence-corrected chi connectivity index (χ1v) is 6.96. The second-order valence-corrected chi connectivity index (χ2v) is 5.30. The van der Waals surface area contributed by atoms with Crippen LogP contribution in [0, 0.1) is 6.92 Å². The van der Waals surface area contributed by atoms with Gasteiger partial charge < -0.3 is 5.32 Å². The molecule has 4 rings (SSSR count). The van der Waals surface area contributed by atoms with E-state index in [0.717, 1.165) is 30.9 Å². The zero-order chi connectivity index (χ0) is 13.5. The molecule has 0 saturated carbocycles. The van der Waals surface area contributed by atoms with Crippen molar-refractivity contribution >= 4 is 11.0 Å². The molecule has 1 aliphatic rings. The van der Waals surface area contributed by atoms with Crippen molar-refractivity contribution < 1.29 is 0 Å². The van der Waals surface area contributed by atoms with Gasteiger partial charge in [0.2, 0.25) is 0 Å². The summed E-state index contributed by atoms with van der Waals surface area (Å²) >= 11 is 0. The molecule has 0 bridgehead atoms. The van der Waals surface area contributed by atoms with Crippen LogP contribution in [-0.4, -0.2) is 21.7 Å². The van der Waals surface area contributed by atoms with E-state index in [1.165, 1.54) is 27.6 Å². The minimum atomic E-state index is 0.893. The Morgan fingerprint density at radius 3 is 3.00 bits per heavy atom. The maximum atomic E-state index is 4.53. The van der Waals surface area contributed by atoms with Crippen LogP contribution in [0.1, 0.15) is 16.7 Å². The predicted molar refractivity (Wildman–Crippen MR) is 79.5 cm³/mol. The summed E-state index contributed by atoms with van der Waals surface area (Å²) in [5, 5.41) is 12.2. The molecule has 0 unspecified atom stereocenters. The SMILES string of the molecule is Cc1ccccc1-c1n[nH]c2ncc3c(c12)CCNC3. The predicted octanol–water partition coefficient (Wildman–Crippen LogP) is 2.58. The number of fused-ring (bicyclic) bond motifs is 3. The van der Waals surface area contributed by atoms with E-state index in [4.69, 9.17) is 0 Å². The first-order valence-electron chi connectivity index (χ1n) is 6.96. The minimum Gasteiger partial charge on any atom is -0.312 e. The zero-order valence-electron chi connectivity index (χ0n) is 11.4. The number of nitrogens with one attached hydrogen (secondary N) is 2. The van der Waals surface area contributed by atoms with E-state index in [0.29, 0.717) is 0 Å². The number of aryl methyl sites for hydroxylation is 1. The van der Waals surface area contributed by atoms with Crippen LogP contribution in [0.2, 0.25) is 0 Å². The molecule has 0 spiro atoms. The fraction of sp³-hybridized carbons (Fsp3) is 0.250. The van der Waals surface area contributed by atoms with E-state index in [9.17, 15) is 0 Å². The first kappa shape index (κ1) is 11.6. The number of aromatic nitrogens is 3. The van der Waals surface area contributed by atoms with Crippen LogP contribution in [0.5, 0.6) is 0 Å². The van der Waals surface area contributed by atoms with Crippen molar-refractivity contribution in [3.63, 3.8) is 0 Å². The molecule has 1 aliphatic heterocycles. The normalized spacial score (nSPS) is 14.4. The van der Waals surface area contributed by atoms with Crippen LogP contribution in [0.25, 0.3) is 22.3 Å². The third-order valence-corrected chi connectivity index (χ3v) is 4.05. The Balaban J connectivity index is 2.04. The Bertz CT molecular complexity index is 788. The zero-order valence-corrected chi connectivity index (χ0v) is 11.4. The van der Waals surface area contributed by atoms with Crippen LogP contribution in [0.3, 0.4) is 0 Å². The van der Waals surface area contributed by atoms with Gasteiger partial charge in [0.15, 0.2) is 5.65 Å². The lowest BCUT2D eigenvalue weighted by Crippen LogP contribution is -2.24. The van der Waals surface area contributed by atoms with Gasteiger partial charge in [-0.1, -0.05) is 24.3 Å². The molecule has 4 nitrogen and oxygen atoms in total. The highest BCUT2D eigenvalue weighted by Crippen LogP contribution is 2.32. The molecule has 4 heteroatoms. The van der Waals surface area contributed by atoms with Crippen molar-refractivity contribution in [3.05, 3.63) is 47.2 Å². The summed E-state index contributed by atoms with van der Waals surface area (Å²) in [6.07, 6.45) is 3.00. The number of aromatic amines is 1. The van der Waals surface area contributed by atoms with Gasteiger partial charge in [-0.2, -0.15) is 5.10 Å². The monoisotopic (exact) mass is 264 g/mol. The lowest BCUT2D eigenvalue weighted by atomic mass is 9.95. The number of rotatable bonds is 1. The summed E-state index contributed by atoms with van der Waals surface area (Å²) in [4.78, 5) is 4.51. The Hall–Kier alpha value is -2.20. The molecule has 0 fully saturated rings. The molecule has 2 N–H and O–H groups in total. The van der Waals surface area contributed by atoms with E-state index in [1.807, 2.05) is 6.20 Å². The van der Waals surface area contributed by atoms with Gasteiger partial charge in [0.05, 0.1) is 5.39 Å².